The van der Waals surface area contributed by atoms with Crippen molar-refractivity contribution in [3.05, 3.63) is 30.1 Å². The number of halogens is 3. The van der Waals surface area contributed by atoms with Crippen LogP contribution in [-0.4, -0.2) is 57.3 Å². The number of pyridine rings is 1. The molecule has 3 N–H and O–H groups in total. The van der Waals surface area contributed by atoms with Crippen LogP contribution in [0.5, 0.6) is 0 Å². The molecular weight excluding hydrogens is 361 g/mol. The van der Waals surface area contributed by atoms with Gasteiger partial charge in [-0.2, -0.15) is 13.2 Å². The molecule has 1 fully saturated rings. The summed E-state index contributed by atoms with van der Waals surface area (Å²) in [6.45, 7) is 8.97. The number of carboxylic acids is 1. The highest BCUT2D eigenvalue weighted by Gasteiger charge is 2.38. The van der Waals surface area contributed by atoms with Gasteiger partial charge in [-0.3, -0.25) is 0 Å². The summed E-state index contributed by atoms with van der Waals surface area (Å²) in [6, 6.07) is 6.29. The van der Waals surface area contributed by atoms with Crippen molar-refractivity contribution in [2.45, 2.75) is 44.9 Å². The van der Waals surface area contributed by atoms with Crippen LogP contribution in [0.15, 0.2) is 24.4 Å². The van der Waals surface area contributed by atoms with E-state index in [1.165, 1.54) is 31.3 Å². The van der Waals surface area contributed by atoms with Gasteiger partial charge in [-0.05, 0) is 58.0 Å². The molecular formula is C18H25F3N4O2. The van der Waals surface area contributed by atoms with Crippen molar-refractivity contribution in [3.8, 4) is 0 Å². The molecule has 0 atom stereocenters. The lowest BCUT2D eigenvalue weighted by molar-refractivity contribution is -0.192. The number of hydrogen-bond donors (Lipinski definition) is 3. The monoisotopic (exact) mass is 386 g/mol. The number of likely N-dealkylation sites (tertiary alicyclic amines) is 1. The Kier molecular flexibility index (Phi) is 6.83. The summed E-state index contributed by atoms with van der Waals surface area (Å²) in [5.41, 5.74) is 2.19. The minimum Gasteiger partial charge on any atom is -0.475 e. The summed E-state index contributed by atoms with van der Waals surface area (Å²) in [4.78, 5) is 19.3. The van der Waals surface area contributed by atoms with E-state index in [1.807, 2.05) is 6.20 Å². The zero-order valence-corrected chi connectivity index (χ0v) is 15.4. The van der Waals surface area contributed by atoms with Crippen LogP contribution in [0.25, 0.3) is 11.0 Å². The third-order valence-corrected chi connectivity index (χ3v) is 4.28. The van der Waals surface area contributed by atoms with Crippen molar-refractivity contribution in [2.24, 2.45) is 0 Å². The predicted octanol–water partition coefficient (Wildman–Crippen LogP) is 3.16. The number of carboxylic acid groups (broad SMARTS) is 1. The Morgan fingerprint density at radius 3 is 2.48 bits per heavy atom. The molecule has 27 heavy (non-hydrogen) atoms. The van der Waals surface area contributed by atoms with Gasteiger partial charge in [0.25, 0.3) is 0 Å². The van der Waals surface area contributed by atoms with Crippen molar-refractivity contribution in [1.82, 2.24) is 20.2 Å². The van der Waals surface area contributed by atoms with Gasteiger partial charge < -0.3 is 20.3 Å². The maximum absolute atomic E-state index is 10.6. The van der Waals surface area contributed by atoms with Crippen LogP contribution >= 0.6 is 0 Å². The number of aromatic amines is 1. The number of hydrogen-bond acceptors (Lipinski definition) is 4. The largest absolute Gasteiger partial charge is 0.490 e. The highest BCUT2D eigenvalue weighted by molar-refractivity contribution is 5.75. The van der Waals surface area contributed by atoms with E-state index in [0.717, 1.165) is 24.4 Å². The van der Waals surface area contributed by atoms with Crippen LogP contribution in [0, 0.1) is 0 Å². The molecule has 1 aliphatic heterocycles. The third kappa shape index (κ3) is 6.84. The highest BCUT2D eigenvalue weighted by Crippen LogP contribution is 2.15. The van der Waals surface area contributed by atoms with Gasteiger partial charge in [0.05, 0.1) is 5.69 Å². The number of carbonyl (C=O) groups is 1. The van der Waals surface area contributed by atoms with Gasteiger partial charge in [-0.15, -0.1) is 0 Å². The molecule has 2 aromatic heterocycles. The topological polar surface area (TPSA) is 81.2 Å². The normalized spacial score (nSPS) is 15.6. The lowest BCUT2D eigenvalue weighted by atomic mass is 10.0. The highest BCUT2D eigenvalue weighted by atomic mass is 19.4. The molecule has 2 aromatic rings. The molecule has 0 bridgehead atoms. The van der Waals surface area contributed by atoms with Crippen LogP contribution in [0.3, 0.4) is 0 Å². The summed E-state index contributed by atoms with van der Waals surface area (Å²) >= 11 is 0. The average Bonchev–Trinajstić information content (AvgIpc) is 3.23. The Morgan fingerprint density at radius 2 is 1.89 bits per heavy atom. The van der Waals surface area contributed by atoms with E-state index in [9.17, 15) is 13.2 Å². The number of nitrogens with zero attached hydrogens (tertiary/aromatic N) is 2. The van der Waals surface area contributed by atoms with Crippen molar-refractivity contribution >= 4 is 17.0 Å². The second kappa shape index (κ2) is 8.71. The first-order chi connectivity index (χ1) is 12.6. The average molecular weight is 386 g/mol. The molecule has 6 nitrogen and oxygen atoms in total. The predicted molar refractivity (Wildman–Crippen MR) is 96.4 cm³/mol. The number of rotatable bonds is 5. The quantitative estimate of drug-likeness (QED) is 0.736. The maximum atomic E-state index is 10.6. The van der Waals surface area contributed by atoms with Crippen LogP contribution in [-0.2, 0) is 11.3 Å². The second-order valence-electron chi connectivity index (χ2n) is 7.24. The van der Waals surface area contributed by atoms with Gasteiger partial charge in [0.1, 0.15) is 5.65 Å². The van der Waals surface area contributed by atoms with Crippen LogP contribution in [0.1, 0.15) is 32.4 Å². The molecule has 0 spiro atoms. The van der Waals surface area contributed by atoms with Gasteiger partial charge in [-0.1, -0.05) is 0 Å². The molecule has 3 heterocycles. The second-order valence-corrected chi connectivity index (χ2v) is 7.24. The molecule has 0 saturated carbocycles. The fourth-order valence-electron chi connectivity index (χ4n) is 2.95. The number of alkyl halides is 3. The lowest BCUT2D eigenvalue weighted by Gasteiger charge is -2.31. The molecule has 1 saturated heterocycles. The van der Waals surface area contributed by atoms with Crippen molar-refractivity contribution in [3.63, 3.8) is 0 Å². The van der Waals surface area contributed by atoms with E-state index >= 15 is 0 Å². The maximum Gasteiger partial charge on any atom is 0.490 e. The van der Waals surface area contributed by atoms with E-state index in [2.05, 4.69) is 52.2 Å². The molecule has 0 amide bonds. The van der Waals surface area contributed by atoms with Gasteiger partial charge in [-0.25, -0.2) is 9.78 Å². The SMILES string of the molecule is CC(C)(CN1CCCC1)NCc1ccc2cc[nH]c2n1.O=C(O)C(F)(F)F. The van der Waals surface area contributed by atoms with Gasteiger partial charge in [0, 0.05) is 30.2 Å². The number of aliphatic carboxylic acids is 1. The van der Waals surface area contributed by atoms with Crippen molar-refractivity contribution < 1.29 is 23.1 Å². The number of aromatic nitrogens is 2. The Hall–Kier alpha value is -2.13. The lowest BCUT2D eigenvalue weighted by Crippen LogP contribution is -2.48. The summed E-state index contributed by atoms with van der Waals surface area (Å²) in [5, 5.41) is 11.9. The Morgan fingerprint density at radius 1 is 1.26 bits per heavy atom. The number of fused-ring (bicyclic) bond motifs is 1. The first kappa shape index (κ1) is 21.2. The fraction of sp³-hybridized carbons (Fsp3) is 0.556. The summed E-state index contributed by atoms with van der Waals surface area (Å²) in [6.07, 6.45) is -0.450. The standard InChI is InChI=1S/C16H24N4.C2HF3O2/c1-16(2,12-20-9-3-4-10-20)18-11-14-6-5-13-7-8-17-15(13)19-14;3-2(4,5)1(6)7/h5-8,18H,3-4,9-12H2,1-2H3,(H,17,19);(H,6,7). The van der Waals surface area contributed by atoms with Crippen LogP contribution < -0.4 is 5.32 Å². The van der Waals surface area contributed by atoms with E-state index in [-0.39, 0.29) is 5.54 Å². The third-order valence-electron chi connectivity index (χ3n) is 4.28. The summed E-state index contributed by atoms with van der Waals surface area (Å²) in [7, 11) is 0. The smallest absolute Gasteiger partial charge is 0.475 e. The molecule has 0 aliphatic carbocycles. The number of H-pyrrole nitrogens is 1. The Balaban J connectivity index is 0.000000321. The van der Waals surface area contributed by atoms with Gasteiger partial charge in [0.15, 0.2) is 0 Å². The molecule has 0 unspecified atom stereocenters. The first-order valence-electron chi connectivity index (χ1n) is 8.77. The van der Waals surface area contributed by atoms with E-state index in [4.69, 9.17) is 9.90 Å². The van der Waals surface area contributed by atoms with Crippen LogP contribution in [0.4, 0.5) is 13.2 Å². The van der Waals surface area contributed by atoms with E-state index in [0.29, 0.717) is 0 Å². The van der Waals surface area contributed by atoms with Crippen LogP contribution in [0.2, 0.25) is 0 Å². The Bertz CT molecular complexity index is 752. The minimum atomic E-state index is -5.08. The molecule has 1 aliphatic rings. The zero-order valence-electron chi connectivity index (χ0n) is 15.4. The molecule has 3 rings (SSSR count). The van der Waals surface area contributed by atoms with Crippen molar-refractivity contribution in [2.75, 3.05) is 19.6 Å². The van der Waals surface area contributed by atoms with Gasteiger partial charge in [0.2, 0.25) is 0 Å². The molecule has 0 radical (unpaired) electrons. The summed E-state index contributed by atoms with van der Waals surface area (Å²) < 4.78 is 31.7. The number of nitrogens with one attached hydrogen (secondary N) is 2. The zero-order chi connectivity index (χ0) is 20.1. The first-order valence-corrected chi connectivity index (χ1v) is 8.77. The Labute approximate surface area is 155 Å². The molecule has 150 valence electrons. The van der Waals surface area contributed by atoms with Gasteiger partial charge >= 0.3 is 12.1 Å². The molecule has 9 heteroatoms. The van der Waals surface area contributed by atoms with Crippen molar-refractivity contribution in [1.29, 1.82) is 0 Å². The summed E-state index contributed by atoms with van der Waals surface area (Å²) in [5.74, 6) is -2.76. The minimum absolute atomic E-state index is 0.122. The van der Waals surface area contributed by atoms with E-state index in [1.54, 1.807) is 0 Å². The van der Waals surface area contributed by atoms with E-state index < -0.39 is 12.1 Å². The fourth-order valence-corrected chi connectivity index (χ4v) is 2.95. The molecule has 0 aromatic carbocycles.